The van der Waals surface area contributed by atoms with E-state index < -0.39 is 0 Å². The number of nitrogens with one attached hydrogen (secondary N) is 1. The lowest BCUT2D eigenvalue weighted by molar-refractivity contribution is 0.0772. The van der Waals surface area contributed by atoms with Gasteiger partial charge in [-0.3, -0.25) is 14.4 Å². The van der Waals surface area contributed by atoms with E-state index in [4.69, 9.17) is 0 Å². The molecule has 0 saturated carbocycles. The first-order chi connectivity index (χ1) is 15.3. The fourth-order valence-electron chi connectivity index (χ4n) is 3.59. The number of carbonyl (C=O) groups excluding carboxylic acids is 3. The summed E-state index contributed by atoms with van der Waals surface area (Å²) in [4.78, 5) is 40.4. The highest BCUT2D eigenvalue weighted by atomic mass is 16.2. The maximum atomic E-state index is 13.2. The van der Waals surface area contributed by atoms with Crippen LogP contribution < -0.4 is 5.32 Å². The average Bonchev–Trinajstić information content (AvgIpc) is 2.81. The van der Waals surface area contributed by atoms with Crippen LogP contribution in [0.1, 0.15) is 61.6 Å². The second-order valence-electron chi connectivity index (χ2n) is 7.70. The second kappa shape index (κ2) is 10.1. The van der Waals surface area contributed by atoms with Gasteiger partial charge in [-0.2, -0.15) is 0 Å². The number of hydrogen-bond acceptors (Lipinski definition) is 3. The number of hydrogen-bond donors (Lipinski definition) is 1. The Morgan fingerprint density at radius 2 is 1.41 bits per heavy atom. The molecule has 32 heavy (non-hydrogen) atoms. The van der Waals surface area contributed by atoms with Gasteiger partial charge in [0.2, 0.25) is 0 Å². The highest BCUT2D eigenvalue weighted by molar-refractivity contribution is 6.18. The highest BCUT2D eigenvalue weighted by Gasteiger charge is 2.20. The van der Waals surface area contributed by atoms with Gasteiger partial charge in [0, 0.05) is 35.5 Å². The lowest BCUT2D eigenvalue weighted by Crippen LogP contribution is -2.30. The first-order valence-corrected chi connectivity index (χ1v) is 10.8. The molecule has 0 aromatic heterocycles. The first kappa shape index (κ1) is 22.9. The van der Waals surface area contributed by atoms with Crippen molar-refractivity contribution < 1.29 is 14.4 Å². The van der Waals surface area contributed by atoms with Crippen molar-refractivity contribution in [1.82, 2.24) is 4.90 Å². The van der Waals surface area contributed by atoms with Crippen LogP contribution in [0.4, 0.5) is 5.69 Å². The van der Waals surface area contributed by atoms with Gasteiger partial charge in [-0.05, 0) is 69.7 Å². The fourth-order valence-corrected chi connectivity index (χ4v) is 3.59. The molecule has 0 aliphatic carbocycles. The number of nitrogens with zero attached hydrogens (tertiary/aromatic N) is 1. The minimum absolute atomic E-state index is 0.0441. The van der Waals surface area contributed by atoms with Crippen molar-refractivity contribution in [1.29, 1.82) is 0 Å². The zero-order valence-corrected chi connectivity index (χ0v) is 18.9. The number of benzene rings is 3. The maximum absolute atomic E-state index is 13.2. The zero-order valence-electron chi connectivity index (χ0n) is 18.9. The van der Waals surface area contributed by atoms with Crippen LogP contribution >= 0.6 is 0 Å². The van der Waals surface area contributed by atoms with Gasteiger partial charge in [0.15, 0.2) is 5.78 Å². The van der Waals surface area contributed by atoms with Crippen molar-refractivity contribution >= 4 is 23.3 Å². The van der Waals surface area contributed by atoms with Crippen LogP contribution in [-0.2, 0) is 0 Å². The van der Waals surface area contributed by atoms with Crippen LogP contribution in [0.15, 0.2) is 66.7 Å². The van der Waals surface area contributed by atoms with Crippen LogP contribution in [0.2, 0.25) is 0 Å². The van der Waals surface area contributed by atoms with Crippen LogP contribution in [-0.4, -0.2) is 35.6 Å². The molecule has 5 nitrogen and oxygen atoms in total. The third-order valence-electron chi connectivity index (χ3n) is 5.49. The smallest absolute Gasteiger partial charge is 0.256 e. The van der Waals surface area contributed by atoms with Gasteiger partial charge in [0.1, 0.15) is 0 Å². The summed E-state index contributed by atoms with van der Waals surface area (Å²) in [7, 11) is 0. The predicted molar refractivity (Wildman–Crippen MR) is 127 cm³/mol. The number of rotatable bonds is 7. The molecular formula is C27H28N2O3. The van der Waals surface area contributed by atoms with Gasteiger partial charge >= 0.3 is 0 Å². The van der Waals surface area contributed by atoms with Crippen molar-refractivity contribution in [3.8, 4) is 0 Å². The van der Waals surface area contributed by atoms with Gasteiger partial charge < -0.3 is 10.2 Å². The van der Waals surface area contributed by atoms with Crippen LogP contribution in [0, 0.1) is 13.8 Å². The SMILES string of the molecule is CCN(CC)C(=O)c1ccc(NC(=O)c2ccccc2C(=O)c2cc(C)ccc2C)cc1. The minimum Gasteiger partial charge on any atom is -0.339 e. The average molecular weight is 429 g/mol. The second-order valence-corrected chi connectivity index (χ2v) is 7.70. The molecule has 0 unspecified atom stereocenters. The molecule has 0 spiro atoms. The third kappa shape index (κ3) is 4.94. The molecule has 5 heteroatoms. The summed E-state index contributed by atoms with van der Waals surface area (Å²) in [6.45, 7) is 8.97. The molecule has 2 amide bonds. The predicted octanol–water partition coefficient (Wildman–Crippen LogP) is 5.27. The quantitative estimate of drug-likeness (QED) is 0.522. The molecule has 1 N–H and O–H groups in total. The van der Waals surface area contributed by atoms with Crippen molar-refractivity contribution in [2.45, 2.75) is 27.7 Å². The molecule has 0 fully saturated rings. The summed E-state index contributed by atoms with van der Waals surface area (Å²) >= 11 is 0. The molecule has 0 aliphatic heterocycles. The Balaban J connectivity index is 1.83. The monoisotopic (exact) mass is 428 g/mol. The van der Waals surface area contributed by atoms with Gasteiger partial charge in [-0.25, -0.2) is 0 Å². The number of amides is 2. The highest BCUT2D eigenvalue weighted by Crippen LogP contribution is 2.20. The van der Waals surface area contributed by atoms with Gasteiger partial charge in [0.05, 0.1) is 5.56 Å². The van der Waals surface area contributed by atoms with Gasteiger partial charge in [-0.1, -0.05) is 35.9 Å². The van der Waals surface area contributed by atoms with E-state index in [2.05, 4.69) is 5.32 Å². The first-order valence-electron chi connectivity index (χ1n) is 10.8. The third-order valence-corrected chi connectivity index (χ3v) is 5.49. The van der Waals surface area contributed by atoms with Gasteiger partial charge in [0.25, 0.3) is 11.8 Å². The Bertz CT molecular complexity index is 1150. The van der Waals surface area contributed by atoms with Crippen LogP contribution in [0.3, 0.4) is 0 Å². The van der Waals surface area contributed by atoms with E-state index in [0.717, 1.165) is 11.1 Å². The molecule has 3 aromatic carbocycles. The van der Waals surface area contributed by atoms with Crippen molar-refractivity contribution in [3.63, 3.8) is 0 Å². The Hall–Kier alpha value is -3.73. The molecule has 3 rings (SSSR count). The summed E-state index contributed by atoms with van der Waals surface area (Å²) in [5.74, 6) is -0.600. The standard InChI is InChI=1S/C27H28N2O3/c1-5-29(6-2)27(32)20-13-15-21(16-14-20)28-26(31)23-10-8-7-9-22(23)25(30)24-17-18(3)11-12-19(24)4/h7-17H,5-6H2,1-4H3,(H,28,31). The lowest BCUT2D eigenvalue weighted by atomic mass is 9.94. The Morgan fingerprint density at radius 3 is 2.03 bits per heavy atom. The van der Waals surface area contributed by atoms with E-state index in [1.807, 2.05) is 45.9 Å². The Kier molecular flexibility index (Phi) is 7.21. The van der Waals surface area contributed by atoms with Crippen molar-refractivity contribution in [2.24, 2.45) is 0 Å². The summed E-state index contributed by atoms with van der Waals surface area (Å²) in [5.41, 5.74) is 4.22. The molecule has 0 atom stereocenters. The van der Waals surface area contributed by atoms with E-state index in [1.165, 1.54) is 0 Å². The molecule has 0 heterocycles. The summed E-state index contributed by atoms with van der Waals surface area (Å²) < 4.78 is 0. The number of carbonyl (C=O) groups is 3. The largest absolute Gasteiger partial charge is 0.339 e. The minimum atomic E-state index is -0.373. The molecular weight excluding hydrogens is 400 g/mol. The molecule has 3 aromatic rings. The molecule has 164 valence electrons. The zero-order chi connectivity index (χ0) is 23.3. The summed E-state index contributed by atoms with van der Waals surface area (Å²) in [5, 5.41) is 2.84. The lowest BCUT2D eigenvalue weighted by Gasteiger charge is -2.18. The van der Waals surface area contributed by atoms with Crippen LogP contribution in [0.25, 0.3) is 0 Å². The Morgan fingerprint density at radius 1 is 0.781 bits per heavy atom. The molecule has 0 bridgehead atoms. The summed E-state index contributed by atoms with van der Waals surface area (Å²) in [6, 6.07) is 19.3. The molecule has 0 radical (unpaired) electrons. The van der Waals surface area contributed by atoms with Gasteiger partial charge in [-0.15, -0.1) is 0 Å². The van der Waals surface area contributed by atoms with E-state index in [-0.39, 0.29) is 17.6 Å². The maximum Gasteiger partial charge on any atom is 0.256 e. The number of anilines is 1. The van der Waals surface area contributed by atoms with E-state index in [9.17, 15) is 14.4 Å². The van der Waals surface area contributed by atoms with Crippen molar-refractivity contribution in [2.75, 3.05) is 18.4 Å². The normalized spacial score (nSPS) is 10.5. The fraction of sp³-hybridized carbons (Fsp3) is 0.222. The van der Waals surface area contributed by atoms with E-state index in [0.29, 0.717) is 41.0 Å². The number of ketones is 1. The molecule has 0 aliphatic rings. The number of aryl methyl sites for hydroxylation is 2. The Labute approximate surface area is 189 Å². The summed E-state index contributed by atoms with van der Waals surface area (Å²) in [6.07, 6.45) is 0. The van der Waals surface area contributed by atoms with Crippen molar-refractivity contribution in [3.05, 3.63) is 100 Å². The van der Waals surface area contributed by atoms with E-state index >= 15 is 0 Å². The van der Waals surface area contributed by atoms with Crippen LogP contribution in [0.5, 0.6) is 0 Å². The van der Waals surface area contributed by atoms with E-state index in [1.54, 1.807) is 53.4 Å². The topological polar surface area (TPSA) is 66.5 Å². The molecule has 0 saturated heterocycles.